The molecule has 2 amide bonds. The second-order valence-corrected chi connectivity index (χ2v) is 6.46. The molecule has 0 aliphatic heterocycles. The lowest BCUT2D eigenvalue weighted by atomic mass is 10.1. The highest BCUT2D eigenvalue weighted by atomic mass is 16.5. The van der Waals surface area contributed by atoms with Crippen LogP contribution in [0.4, 0.5) is 10.5 Å². The summed E-state index contributed by atoms with van der Waals surface area (Å²) in [5.74, 6) is 6.65. The zero-order chi connectivity index (χ0) is 18.8. The maximum atomic E-state index is 12.6. The van der Waals surface area contributed by atoms with Gasteiger partial charge in [-0.15, -0.1) is 0 Å². The van der Waals surface area contributed by atoms with Crippen LogP contribution >= 0.6 is 0 Å². The molecule has 0 radical (unpaired) electrons. The van der Waals surface area contributed by atoms with Gasteiger partial charge in [0.15, 0.2) is 0 Å². The van der Waals surface area contributed by atoms with Crippen molar-refractivity contribution in [3.8, 4) is 11.8 Å². The van der Waals surface area contributed by atoms with Gasteiger partial charge in [0, 0.05) is 37.0 Å². The Bertz CT molecular complexity index is 760. The van der Waals surface area contributed by atoms with E-state index in [9.17, 15) is 4.79 Å². The van der Waals surface area contributed by atoms with Crippen LogP contribution < -0.4 is 5.32 Å². The van der Waals surface area contributed by atoms with E-state index in [1.807, 2.05) is 54.6 Å². The molecule has 0 saturated heterocycles. The minimum Gasteiger partial charge on any atom is -0.383 e. The summed E-state index contributed by atoms with van der Waals surface area (Å²) in [6.45, 7) is 5.94. The number of hydrogen-bond acceptors (Lipinski definition) is 2. The Balaban J connectivity index is 2.06. The molecule has 0 spiro atoms. The van der Waals surface area contributed by atoms with Gasteiger partial charge in [-0.05, 0) is 36.2 Å². The summed E-state index contributed by atoms with van der Waals surface area (Å²) in [7, 11) is 1.64. The van der Waals surface area contributed by atoms with Gasteiger partial charge in [-0.3, -0.25) is 0 Å². The van der Waals surface area contributed by atoms with Crippen LogP contribution in [0, 0.1) is 17.8 Å². The summed E-state index contributed by atoms with van der Waals surface area (Å²) in [5.41, 5.74) is 2.56. The number of ether oxygens (including phenoxy) is 1. The molecule has 136 valence electrons. The molecule has 0 atom stereocenters. The van der Waals surface area contributed by atoms with Crippen molar-refractivity contribution in [2.24, 2.45) is 5.92 Å². The van der Waals surface area contributed by atoms with Gasteiger partial charge in [0.25, 0.3) is 0 Å². The summed E-state index contributed by atoms with van der Waals surface area (Å²) in [6.07, 6.45) is 0. The minimum atomic E-state index is -0.121. The molecule has 2 aromatic carbocycles. The number of nitrogens with zero attached hydrogens (tertiary/aromatic N) is 1. The Morgan fingerprint density at radius 1 is 1.08 bits per heavy atom. The predicted molar refractivity (Wildman–Crippen MR) is 106 cm³/mol. The molecular formula is C22H26N2O2. The molecule has 0 unspecified atom stereocenters. The maximum absolute atomic E-state index is 12.6. The van der Waals surface area contributed by atoms with Crippen LogP contribution in [0.2, 0.25) is 0 Å². The number of nitrogens with one attached hydrogen (secondary N) is 1. The largest absolute Gasteiger partial charge is 0.383 e. The molecule has 2 aromatic rings. The smallest absolute Gasteiger partial charge is 0.321 e. The van der Waals surface area contributed by atoms with Gasteiger partial charge < -0.3 is 15.0 Å². The highest BCUT2D eigenvalue weighted by Gasteiger charge is 2.14. The number of methoxy groups -OCH3 is 1. The van der Waals surface area contributed by atoms with Crippen LogP contribution in [0.5, 0.6) is 0 Å². The van der Waals surface area contributed by atoms with Crippen LogP contribution in [0.15, 0.2) is 54.6 Å². The third-order valence-electron chi connectivity index (χ3n) is 3.68. The van der Waals surface area contributed by atoms with Crippen molar-refractivity contribution in [2.45, 2.75) is 13.8 Å². The molecule has 0 aliphatic carbocycles. The Morgan fingerprint density at radius 3 is 2.46 bits per heavy atom. The minimum absolute atomic E-state index is 0.121. The fourth-order valence-corrected chi connectivity index (χ4v) is 2.46. The first-order chi connectivity index (χ1) is 12.6. The van der Waals surface area contributed by atoms with Crippen LogP contribution in [0.25, 0.3) is 0 Å². The summed E-state index contributed by atoms with van der Waals surface area (Å²) < 4.78 is 5.11. The van der Waals surface area contributed by atoms with Crippen LogP contribution in [0.3, 0.4) is 0 Å². The van der Waals surface area contributed by atoms with E-state index in [0.29, 0.717) is 25.6 Å². The Morgan fingerprint density at radius 2 is 1.77 bits per heavy atom. The van der Waals surface area contributed by atoms with Gasteiger partial charge in [0.1, 0.15) is 0 Å². The number of benzene rings is 2. The molecule has 4 nitrogen and oxygen atoms in total. The van der Waals surface area contributed by atoms with Crippen molar-refractivity contribution in [2.75, 3.05) is 32.1 Å². The molecular weight excluding hydrogens is 324 g/mol. The lowest BCUT2D eigenvalue weighted by Gasteiger charge is -2.24. The van der Waals surface area contributed by atoms with Crippen LogP contribution in [0.1, 0.15) is 25.0 Å². The van der Waals surface area contributed by atoms with E-state index in [0.717, 1.165) is 16.8 Å². The molecule has 2 rings (SSSR count). The zero-order valence-corrected chi connectivity index (χ0v) is 15.7. The number of hydrogen-bond donors (Lipinski definition) is 1. The summed E-state index contributed by atoms with van der Waals surface area (Å²) in [4.78, 5) is 14.3. The SMILES string of the molecule is COCCN(CC(C)C)C(=O)Nc1cccc(C#Cc2ccccc2)c1. The average Bonchev–Trinajstić information content (AvgIpc) is 2.64. The fourth-order valence-electron chi connectivity index (χ4n) is 2.46. The van der Waals surface area contributed by atoms with Gasteiger partial charge >= 0.3 is 6.03 Å². The Hall–Kier alpha value is -2.77. The van der Waals surface area contributed by atoms with E-state index in [1.54, 1.807) is 12.0 Å². The lowest BCUT2D eigenvalue weighted by molar-refractivity contribution is 0.150. The fraction of sp³-hybridized carbons (Fsp3) is 0.318. The summed E-state index contributed by atoms with van der Waals surface area (Å²) in [6, 6.07) is 17.3. The van der Waals surface area contributed by atoms with E-state index >= 15 is 0 Å². The Kier molecular flexibility index (Phi) is 7.73. The van der Waals surface area contributed by atoms with Gasteiger partial charge in [-0.2, -0.15) is 0 Å². The summed E-state index contributed by atoms with van der Waals surface area (Å²) in [5, 5.41) is 2.96. The molecule has 0 bridgehead atoms. The number of carbonyl (C=O) groups excluding carboxylic acids is 1. The van der Waals surface area contributed by atoms with Gasteiger partial charge in [-0.25, -0.2) is 4.79 Å². The van der Waals surface area contributed by atoms with Crippen molar-refractivity contribution >= 4 is 11.7 Å². The first-order valence-corrected chi connectivity index (χ1v) is 8.80. The molecule has 26 heavy (non-hydrogen) atoms. The molecule has 0 saturated carbocycles. The zero-order valence-electron chi connectivity index (χ0n) is 15.7. The molecule has 1 N–H and O–H groups in total. The van der Waals surface area contributed by atoms with E-state index < -0.39 is 0 Å². The van der Waals surface area contributed by atoms with Crippen molar-refractivity contribution in [1.82, 2.24) is 4.90 Å². The van der Waals surface area contributed by atoms with Crippen LogP contribution in [-0.2, 0) is 4.74 Å². The number of amides is 2. The number of anilines is 1. The van der Waals surface area contributed by atoms with Crippen molar-refractivity contribution in [1.29, 1.82) is 0 Å². The van der Waals surface area contributed by atoms with Crippen molar-refractivity contribution in [3.63, 3.8) is 0 Å². The third-order valence-corrected chi connectivity index (χ3v) is 3.68. The predicted octanol–water partition coefficient (Wildman–Crippen LogP) is 4.22. The number of urea groups is 1. The normalized spacial score (nSPS) is 10.2. The molecule has 0 fully saturated rings. The van der Waals surface area contributed by atoms with E-state index in [4.69, 9.17) is 4.74 Å². The second-order valence-electron chi connectivity index (χ2n) is 6.46. The van der Waals surface area contributed by atoms with Gasteiger partial charge in [0.05, 0.1) is 6.61 Å². The molecule has 0 aromatic heterocycles. The lowest BCUT2D eigenvalue weighted by Crippen LogP contribution is -2.39. The highest BCUT2D eigenvalue weighted by molar-refractivity contribution is 5.89. The molecule has 0 heterocycles. The molecule has 4 heteroatoms. The van der Waals surface area contributed by atoms with E-state index in [-0.39, 0.29) is 6.03 Å². The Labute approximate surface area is 156 Å². The quantitative estimate of drug-likeness (QED) is 0.793. The first kappa shape index (κ1) is 19.6. The standard InChI is InChI=1S/C22H26N2O2/c1-18(2)17-24(14-15-26-3)22(25)23-21-11-7-10-20(16-21)13-12-19-8-5-4-6-9-19/h4-11,16,18H,14-15,17H2,1-3H3,(H,23,25). The monoisotopic (exact) mass is 350 g/mol. The highest BCUT2D eigenvalue weighted by Crippen LogP contribution is 2.12. The second kappa shape index (κ2) is 10.3. The first-order valence-electron chi connectivity index (χ1n) is 8.80. The van der Waals surface area contributed by atoms with Crippen molar-refractivity contribution in [3.05, 3.63) is 65.7 Å². The van der Waals surface area contributed by atoms with Crippen LogP contribution in [-0.4, -0.2) is 37.7 Å². The van der Waals surface area contributed by atoms with E-state index in [1.165, 1.54) is 0 Å². The van der Waals surface area contributed by atoms with Gasteiger partial charge in [0.2, 0.25) is 0 Å². The number of carbonyl (C=O) groups is 1. The summed E-state index contributed by atoms with van der Waals surface area (Å²) >= 11 is 0. The van der Waals surface area contributed by atoms with Gasteiger partial charge in [-0.1, -0.05) is 50.0 Å². The third kappa shape index (κ3) is 6.62. The van der Waals surface area contributed by atoms with Crippen molar-refractivity contribution < 1.29 is 9.53 Å². The van der Waals surface area contributed by atoms with E-state index in [2.05, 4.69) is 31.0 Å². The average molecular weight is 350 g/mol. The maximum Gasteiger partial charge on any atom is 0.321 e. The molecule has 0 aliphatic rings. The number of rotatable bonds is 6. The topological polar surface area (TPSA) is 41.6 Å².